The van der Waals surface area contributed by atoms with Crippen molar-refractivity contribution < 1.29 is 17.7 Å². The van der Waals surface area contributed by atoms with E-state index in [4.69, 9.17) is 0 Å². The lowest BCUT2D eigenvalue weighted by atomic mass is 10.0. The Morgan fingerprint density at radius 2 is 1.24 bits per heavy atom. The van der Waals surface area contributed by atoms with E-state index < -0.39 is 17.3 Å². The molecule has 5 nitrogen and oxygen atoms in total. The summed E-state index contributed by atoms with van der Waals surface area (Å²) in [7, 11) is 0. The molecule has 0 aliphatic rings. The molecule has 2 N–H and O–H groups in total. The molecule has 0 aromatic rings. The van der Waals surface area contributed by atoms with Crippen LogP contribution in [0, 0.1) is 0 Å². The third-order valence-electron chi connectivity index (χ3n) is 3.88. The van der Waals surface area contributed by atoms with Gasteiger partial charge in [-0.2, -0.15) is 0 Å². The molecule has 0 aliphatic heterocycles. The minimum absolute atomic E-state index is 0.341. The van der Waals surface area contributed by atoms with Crippen LogP contribution in [0.5, 0.6) is 0 Å². The van der Waals surface area contributed by atoms with Gasteiger partial charge in [0.1, 0.15) is 0 Å². The van der Waals surface area contributed by atoms with Crippen molar-refractivity contribution in [1.29, 1.82) is 0 Å². The van der Waals surface area contributed by atoms with Gasteiger partial charge in [-0.15, -0.1) is 0 Å². The first-order valence-electron chi connectivity index (χ1n) is 9.69. The smallest absolute Gasteiger partial charge is 0.240 e. The van der Waals surface area contributed by atoms with Gasteiger partial charge in [-0.3, -0.25) is 4.79 Å². The molecule has 1 unspecified atom stereocenters. The molecule has 0 fully saturated rings. The van der Waals surface area contributed by atoms with Gasteiger partial charge in [0.05, 0.1) is 18.0 Å². The predicted octanol–water partition coefficient (Wildman–Crippen LogP) is 4.94. The van der Waals surface area contributed by atoms with Gasteiger partial charge in [-0.1, -0.05) is 97.0 Å². The zero-order chi connectivity index (χ0) is 19.2. The minimum Gasteiger partial charge on any atom is -0.750 e. The fourth-order valence-corrected chi connectivity index (χ4v) is 2.68. The molecule has 0 saturated heterocycles. The van der Waals surface area contributed by atoms with E-state index >= 15 is 0 Å². The van der Waals surface area contributed by atoms with E-state index in [1.165, 1.54) is 77.0 Å². The second-order valence-electron chi connectivity index (χ2n) is 6.23. The average Bonchev–Trinajstić information content (AvgIpc) is 2.58. The maximum absolute atomic E-state index is 10.1. The van der Waals surface area contributed by atoms with Crippen molar-refractivity contribution in [2.75, 3.05) is 6.61 Å². The molecule has 6 heteroatoms. The van der Waals surface area contributed by atoms with Gasteiger partial charge >= 0.3 is 0 Å². The summed E-state index contributed by atoms with van der Waals surface area (Å²) in [5.74, 6) is -0.481. The van der Waals surface area contributed by atoms with Gasteiger partial charge in [-0.05, 0) is 12.5 Å². The van der Waals surface area contributed by atoms with Crippen molar-refractivity contribution in [2.45, 2.75) is 96.8 Å². The summed E-state index contributed by atoms with van der Waals surface area (Å²) >= 11 is -2.33. The Labute approximate surface area is 157 Å². The van der Waals surface area contributed by atoms with Gasteiger partial charge in [0, 0.05) is 0 Å². The Kier molecular flexibility index (Phi) is 24.7. The van der Waals surface area contributed by atoms with Gasteiger partial charge in [0.25, 0.3) is 0 Å². The normalized spacial score (nSPS) is 11.4. The number of primary amides is 1. The second kappa shape index (κ2) is 23.3. The molecule has 0 spiro atoms. The van der Waals surface area contributed by atoms with E-state index in [0.29, 0.717) is 6.61 Å². The predicted molar refractivity (Wildman–Crippen MR) is 105 cm³/mol. The molecule has 0 aromatic carbocycles. The van der Waals surface area contributed by atoms with Crippen molar-refractivity contribution in [2.24, 2.45) is 5.73 Å². The van der Waals surface area contributed by atoms with Gasteiger partial charge in [0.2, 0.25) is 5.91 Å². The Bertz CT molecular complexity index is 325. The standard InChI is InChI=1S/C16H34O3S.C3H5NO/c1-2-3-4-5-6-7-8-9-10-11-12-13-14-15-16-19-20(17)18;1-2-3(4)5/h2-16H2,1H3,(H,17,18);2H,1H2,(H2,4,5)/p-1. The van der Waals surface area contributed by atoms with Gasteiger partial charge in [-0.25, -0.2) is 4.21 Å². The highest BCUT2D eigenvalue weighted by Gasteiger charge is 1.94. The van der Waals surface area contributed by atoms with Crippen molar-refractivity contribution >= 4 is 17.3 Å². The lowest BCUT2D eigenvalue weighted by Crippen LogP contribution is -2.04. The zero-order valence-corrected chi connectivity index (χ0v) is 16.8. The molecule has 0 aliphatic carbocycles. The summed E-state index contributed by atoms with van der Waals surface area (Å²) in [6.45, 7) is 5.69. The number of hydrogen-bond donors (Lipinski definition) is 1. The zero-order valence-electron chi connectivity index (χ0n) is 16.0. The van der Waals surface area contributed by atoms with E-state index in [9.17, 15) is 13.6 Å². The molecule has 0 aromatic heterocycles. The summed E-state index contributed by atoms with van der Waals surface area (Å²) < 4.78 is 24.7. The number of unbranched alkanes of at least 4 members (excludes halogenated alkanes) is 13. The summed E-state index contributed by atoms with van der Waals surface area (Å²) in [5, 5.41) is 0. The quantitative estimate of drug-likeness (QED) is 0.221. The molecule has 0 rings (SSSR count). The first-order valence-corrected chi connectivity index (χ1v) is 10.7. The highest BCUT2D eigenvalue weighted by Crippen LogP contribution is 2.12. The maximum atomic E-state index is 10.1. The van der Waals surface area contributed by atoms with Crippen molar-refractivity contribution in [3.05, 3.63) is 12.7 Å². The Hall–Kier alpha value is -0.720. The SMILES string of the molecule is C=CC(N)=O.CCCCCCCCCCCCCCCCOS(=O)[O-]. The molecule has 25 heavy (non-hydrogen) atoms. The Morgan fingerprint density at radius 3 is 1.52 bits per heavy atom. The molecule has 0 radical (unpaired) electrons. The average molecular weight is 377 g/mol. The second-order valence-corrected chi connectivity index (χ2v) is 6.87. The summed E-state index contributed by atoms with van der Waals surface area (Å²) in [6, 6.07) is 0. The van der Waals surface area contributed by atoms with Crippen LogP contribution in [0.1, 0.15) is 96.8 Å². The van der Waals surface area contributed by atoms with Crippen LogP contribution >= 0.6 is 0 Å². The fourth-order valence-electron chi connectivity index (χ4n) is 2.42. The first kappa shape index (κ1) is 26.5. The lowest BCUT2D eigenvalue weighted by molar-refractivity contribution is -0.113. The summed E-state index contributed by atoms with van der Waals surface area (Å²) in [4.78, 5) is 9.47. The lowest BCUT2D eigenvalue weighted by Gasteiger charge is -2.05. The monoisotopic (exact) mass is 376 g/mol. The number of carbonyl (C=O) groups is 1. The van der Waals surface area contributed by atoms with Crippen LogP contribution in [-0.2, 0) is 20.3 Å². The van der Waals surface area contributed by atoms with E-state index in [2.05, 4.69) is 23.4 Å². The summed E-state index contributed by atoms with van der Waals surface area (Å²) in [6.07, 6.45) is 19.3. The maximum Gasteiger partial charge on any atom is 0.240 e. The van der Waals surface area contributed by atoms with E-state index in [1.54, 1.807) is 0 Å². The third kappa shape index (κ3) is 31.5. The highest BCUT2D eigenvalue weighted by atomic mass is 32.2. The first-order chi connectivity index (χ1) is 12.0. The molecule has 0 saturated carbocycles. The van der Waals surface area contributed by atoms with Crippen LogP contribution in [0.15, 0.2) is 12.7 Å². The summed E-state index contributed by atoms with van der Waals surface area (Å²) in [5.41, 5.74) is 4.53. The topological polar surface area (TPSA) is 92.5 Å². The Balaban J connectivity index is 0. The molecule has 0 heterocycles. The number of rotatable bonds is 17. The third-order valence-corrected chi connectivity index (χ3v) is 4.24. The molecule has 1 atom stereocenters. The molecule has 150 valence electrons. The van der Waals surface area contributed by atoms with Crippen LogP contribution in [0.25, 0.3) is 0 Å². The van der Waals surface area contributed by atoms with E-state index in [-0.39, 0.29) is 0 Å². The number of nitrogens with two attached hydrogens (primary N) is 1. The Morgan fingerprint density at radius 1 is 0.920 bits per heavy atom. The highest BCUT2D eigenvalue weighted by molar-refractivity contribution is 7.74. The van der Waals surface area contributed by atoms with Gasteiger partial charge < -0.3 is 14.5 Å². The molecular weight excluding hydrogens is 338 g/mol. The molecular formula is C19H38NO4S-. The van der Waals surface area contributed by atoms with Crippen LogP contribution in [0.2, 0.25) is 0 Å². The molecule has 1 amide bonds. The molecule has 0 bridgehead atoms. The number of carbonyl (C=O) groups excluding carboxylic acids is 1. The van der Waals surface area contributed by atoms with Gasteiger partial charge in [0.15, 0.2) is 0 Å². The van der Waals surface area contributed by atoms with Crippen molar-refractivity contribution in [3.8, 4) is 0 Å². The van der Waals surface area contributed by atoms with Crippen molar-refractivity contribution in [3.63, 3.8) is 0 Å². The van der Waals surface area contributed by atoms with Crippen LogP contribution in [0.4, 0.5) is 0 Å². The minimum atomic E-state index is -2.33. The number of amides is 1. The van der Waals surface area contributed by atoms with Crippen LogP contribution in [-0.4, -0.2) is 21.3 Å². The van der Waals surface area contributed by atoms with Crippen LogP contribution < -0.4 is 5.73 Å². The van der Waals surface area contributed by atoms with E-state index in [0.717, 1.165) is 18.9 Å². The van der Waals surface area contributed by atoms with Crippen molar-refractivity contribution in [1.82, 2.24) is 0 Å². The van der Waals surface area contributed by atoms with Crippen LogP contribution in [0.3, 0.4) is 0 Å². The largest absolute Gasteiger partial charge is 0.750 e. The van der Waals surface area contributed by atoms with E-state index in [1.807, 2.05) is 0 Å². The fraction of sp³-hybridized carbons (Fsp3) is 0.842. The number of hydrogen-bond acceptors (Lipinski definition) is 4.